The highest BCUT2D eigenvalue weighted by Crippen LogP contribution is 2.39. The smallest absolute Gasteiger partial charge is 0.481 e. The lowest BCUT2D eigenvalue weighted by Crippen LogP contribution is -2.44. The largest absolute Gasteiger partial charge is 0.573 e. The summed E-state index contributed by atoms with van der Waals surface area (Å²) in [6.45, 7) is 3.35. The van der Waals surface area contributed by atoms with Crippen molar-refractivity contribution in [3.05, 3.63) is 77.4 Å². The Morgan fingerprint density at radius 2 is 1.73 bits per heavy atom. The Morgan fingerprint density at radius 1 is 1.00 bits per heavy atom. The molecular formula is C29H25ClF3N3O4. The predicted molar refractivity (Wildman–Crippen MR) is 143 cm³/mol. The number of fused-ring (bicyclic) bond motifs is 1. The van der Waals surface area contributed by atoms with E-state index in [1.165, 1.54) is 17.7 Å². The number of hydrogen-bond acceptors (Lipinski definition) is 6. The zero-order valence-corrected chi connectivity index (χ0v) is 22.1. The number of carbonyl (C=O) groups is 1. The topological polar surface area (TPSA) is 88.7 Å². The third-order valence-electron chi connectivity index (χ3n) is 7.49. The van der Waals surface area contributed by atoms with Gasteiger partial charge < -0.3 is 14.4 Å². The number of benzene rings is 3. The SMILES string of the molecule is Cc1cc(-c2nc(-c3ccc4c(c3)CN(C3CC(C(=O)O)C3)C4)no2)ccc1-c1ccccc1OC(F)(F)F.Cl. The van der Waals surface area contributed by atoms with Crippen LogP contribution in [0.3, 0.4) is 0 Å². The van der Waals surface area contributed by atoms with E-state index in [9.17, 15) is 18.0 Å². The fourth-order valence-corrected chi connectivity index (χ4v) is 5.37. The Morgan fingerprint density at radius 3 is 2.45 bits per heavy atom. The van der Waals surface area contributed by atoms with Crippen molar-refractivity contribution in [1.29, 1.82) is 0 Å². The average molecular weight is 572 g/mol. The fraction of sp³-hybridized carbons (Fsp3) is 0.276. The van der Waals surface area contributed by atoms with E-state index in [4.69, 9.17) is 9.63 Å². The first-order chi connectivity index (χ1) is 18.6. The van der Waals surface area contributed by atoms with Gasteiger partial charge in [0.2, 0.25) is 5.82 Å². The molecule has 0 atom stereocenters. The second-order valence-electron chi connectivity index (χ2n) is 10.0. The summed E-state index contributed by atoms with van der Waals surface area (Å²) in [6.07, 6.45) is -3.42. The first-order valence-electron chi connectivity index (χ1n) is 12.5. The molecule has 4 aromatic rings. The molecule has 2 aliphatic rings. The maximum Gasteiger partial charge on any atom is 0.573 e. The van der Waals surface area contributed by atoms with E-state index in [1.54, 1.807) is 37.3 Å². The quantitative estimate of drug-likeness (QED) is 0.270. The molecule has 0 saturated heterocycles. The zero-order valence-electron chi connectivity index (χ0n) is 21.3. The number of rotatable bonds is 6. The molecule has 0 spiro atoms. The summed E-state index contributed by atoms with van der Waals surface area (Å²) in [5.74, 6) is -0.492. The van der Waals surface area contributed by atoms with E-state index in [0.717, 1.165) is 29.8 Å². The molecule has 1 fully saturated rings. The molecule has 0 bridgehead atoms. The van der Waals surface area contributed by atoms with Crippen LogP contribution in [0.4, 0.5) is 13.2 Å². The molecule has 1 saturated carbocycles. The zero-order chi connectivity index (χ0) is 27.3. The van der Waals surface area contributed by atoms with Crippen LogP contribution in [0.5, 0.6) is 5.75 Å². The van der Waals surface area contributed by atoms with Crippen LogP contribution in [0, 0.1) is 12.8 Å². The van der Waals surface area contributed by atoms with Crippen molar-refractivity contribution in [2.45, 2.75) is 45.3 Å². The standard InChI is InChI=1S/C29H24F3N3O4.ClH/c1-16-10-18(8-9-23(16)24-4-2-3-5-25(24)38-29(30,31)32)27-33-26(34-39-27)17-6-7-19-14-35(15-21(19)11-17)22-12-20(13-22)28(36)37;/h2-11,20,22H,12-15H2,1H3,(H,36,37);1H. The summed E-state index contributed by atoms with van der Waals surface area (Å²) in [6, 6.07) is 17.6. The summed E-state index contributed by atoms with van der Waals surface area (Å²) in [5.41, 5.74) is 5.49. The van der Waals surface area contributed by atoms with Crippen LogP contribution in [-0.2, 0) is 17.9 Å². The van der Waals surface area contributed by atoms with Crippen molar-refractivity contribution in [1.82, 2.24) is 15.0 Å². The van der Waals surface area contributed by atoms with Crippen LogP contribution < -0.4 is 4.74 Å². The van der Waals surface area contributed by atoms with Crippen molar-refractivity contribution in [2.75, 3.05) is 0 Å². The molecule has 1 aliphatic heterocycles. The molecule has 40 heavy (non-hydrogen) atoms. The number of aromatic nitrogens is 2. The normalized spacial score (nSPS) is 18.5. The van der Waals surface area contributed by atoms with Crippen molar-refractivity contribution in [3.63, 3.8) is 0 Å². The third kappa shape index (κ3) is 5.41. The van der Waals surface area contributed by atoms with E-state index in [1.807, 2.05) is 18.2 Å². The molecule has 0 radical (unpaired) electrons. The van der Waals surface area contributed by atoms with Gasteiger partial charge in [0, 0.05) is 35.8 Å². The lowest BCUT2D eigenvalue weighted by molar-refractivity contribution is -0.274. The van der Waals surface area contributed by atoms with Crippen molar-refractivity contribution < 1.29 is 32.3 Å². The number of hydrogen-bond donors (Lipinski definition) is 1. The number of aliphatic carboxylic acids is 1. The Labute approximate surface area is 234 Å². The number of ether oxygens (including phenoxy) is 1. The molecule has 3 aromatic carbocycles. The highest BCUT2D eigenvalue weighted by atomic mass is 35.5. The van der Waals surface area contributed by atoms with E-state index in [2.05, 4.69) is 19.8 Å². The Hall–Kier alpha value is -3.89. The number of nitrogens with zero attached hydrogens (tertiary/aromatic N) is 3. The van der Waals surface area contributed by atoms with Crippen LogP contribution >= 0.6 is 12.4 Å². The minimum Gasteiger partial charge on any atom is -0.481 e. The third-order valence-corrected chi connectivity index (χ3v) is 7.49. The van der Waals surface area contributed by atoms with Gasteiger partial charge in [-0.15, -0.1) is 25.6 Å². The highest BCUT2D eigenvalue weighted by molar-refractivity contribution is 5.85. The lowest BCUT2D eigenvalue weighted by atomic mass is 9.79. The molecule has 7 nitrogen and oxygen atoms in total. The molecule has 208 valence electrons. The highest BCUT2D eigenvalue weighted by Gasteiger charge is 2.39. The van der Waals surface area contributed by atoms with Gasteiger partial charge in [-0.2, -0.15) is 4.98 Å². The second kappa shape index (κ2) is 10.6. The van der Waals surface area contributed by atoms with Gasteiger partial charge in [0.1, 0.15) is 5.75 Å². The molecule has 0 amide bonds. The Balaban J connectivity index is 0.00000323. The van der Waals surface area contributed by atoms with Crippen LogP contribution in [0.1, 0.15) is 29.5 Å². The van der Waals surface area contributed by atoms with Crippen LogP contribution in [0.15, 0.2) is 65.2 Å². The average Bonchev–Trinajstić information content (AvgIpc) is 3.49. The summed E-state index contributed by atoms with van der Waals surface area (Å²) >= 11 is 0. The lowest BCUT2D eigenvalue weighted by Gasteiger charge is -2.39. The van der Waals surface area contributed by atoms with E-state index < -0.39 is 12.3 Å². The van der Waals surface area contributed by atoms with Crippen LogP contribution in [0.25, 0.3) is 34.0 Å². The number of alkyl halides is 3. The number of carboxylic acids is 1. The van der Waals surface area contributed by atoms with Crippen LogP contribution in [0.2, 0.25) is 0 Å². The summed E-state index contributed by atoms with van der Waals surface area (Å²) < 4.78 is 48.4. The first kappa shape index (κ1) is 27.7. The van der Waals surface area contributed by atoms with E-state index >= 15 is 0 Å². The van der Waals surface area contributed by atoms with Gasteiger partial charge in [0.15, 0.2) is 0 Å². The van der Waals surface area contributed by atoms with Gasteiger partial charge >= 0.3 is 12.3 Å². The van der Waals surface area contributed by atoms with Gasteiger partial charge in [0.05, 0.1) is 5.92 Å². The molecule has 0 unspecified atom stereocenters. The van der Waals surface area contributed by atoms with Gasteiger partial charge in [-0.05, 0) is 66.3 Å². The second-order valence-corrected chi connectivity index (χ2v) is 10.0. The predicted octanol–water partition coefficient (Wildman–Crippen LogP) is 6.88. The number of aryl methyl sites for hydroxylation is 1. The maximum atomic E-state index is 12.9. The van der Waals surface area contributed by atoms with E-state index in [0.29, 0.717) is 41.2 Å². The van der Waals surface area contributed by atoms with Gasteiger partial charge in [-0.25, -0.2) is 0 Å². The number of para-hydroxylation sites is 1. The molecule has 1 aliphatic carbocycles. The maximum absolute atomic E-state index is 12.9. The molecule has 1 aromatic heterocycles. The van der Waals surface area contributed by atoms with Gasteiger partial charge in [-0.3, -0.25) is 9.69 Å². The number of halogens is 4. The summed E-state index contributed by atoms with van der Waals surface area (Å²) in [7, 11) is 0. The van der Waals surface area contributed by atoms with Gasteiger partial charge in [0.25, 0.3) is 5.89 Å². The molecule has 1 N–H and O–H groups in total. The first-order valence-corrected chi connectivity index (χ1v) is 12.5. The van der Waals surface area contributed by atoms with Crippen molar-refractivity contribution in [3.8, 4) is 39.7 Å². The fourth-order valence-electron chi connectivity index (χ4n) is 5.37. The Bertz CT molecular complexity index is 1570. The van der Waals surface area contributed by atoms with Crippen molar-refractivity contribution >= 4 is 18.4 Å². The molecule has 2 heterocycles. The minimum absolute atomic E-state index is 0. The molecule has 6 rings (SSSR count). The molecule has 11 heteroatoms. The summed E-state index contributed by atoms with van der Waals surface area (Å²) in [5, 5.41) is 13.3. The van der Waals surface area contributed by atoms with Crippen molar-refractivity contribution in [2.24, 2.45) is 5.92 Å². The summed E-state index contributed by atoms with van der Waals surface area (Å²) in [4.78, 5) is 18.0. The Kier molecular flexibility index (Phi) is 7.32. The molecular weight excluding hydrogens is 547 g/mol. The number of carboxylic acid groups (broad SMARTS) is 1. The minimum atomic E-state index is -4.79. The monoisotopic (exact) mass is 571 g/mol. The van der Waals surface area contributed by atoms with Crippen LogP contribution in [-0.4, -0.2) is 38.5 Å². The van der Waals surface area contributed by atoms with Gasteiger partial charge in [-0.1, -0.05) is 41.6 Å². The van der Waals surface area contributed by atoms with E-state index in [-0.39, 0.29) is 30.1 Å².